The van der Waals surface area contributed by atoms with Gasteiger partial charge in [-0.05, 0) is 25.8 Å². The topological polar surface area (TPSA) is 70.6 Å². The van der Waals surface area contributed by atoms with Crippen LogP contribution in [0.4, 0.5) is 0 Å². The van der Waals surface area contributed by atoms with Gasteiger partial charge >= 0.3 is 0 Å². The number of sulfonamides is 1. The summed E-state index contributed by atoms with van der Waals surface area (Å²) in [4.78, 5) is 17.9. The van der Waals surface area contributed by atoms with E-state index in [4.69, 9.17) is 11.6 Å². The molecule has 6 nitrogen and oxygen atoms in total. The van der Waals surface area contributed by atoms with Crippen molar-refractivity contribution >= 4 is 27.5 Å². The molecule has 120 valence electrons. The maximum Gasteiger partial charge on any atom is 0.245 e. The molecule has 1 saturated carbocycles. The van der Waals surface area contributed by atoms with Gasteiger partial charge in [-0.2, -0.15) is 4.31 Å². The summed E-state index contributed by atoms with van der Waals surface area (Å²) in [5.41, 5.74) is 0.431. The van der Waals surface area contributed by atoms with Crippen LogP contribution in [0.5, 0.6) is 0 Å². The Morgan fingerprint density at radius 3 is 2.50 bits per heavy atom. The van der Waals surface area contributed by atoms with E-state index in [-0.39, 0.29) is 16.7 Å². The average Bonchev–Trinajstić information content (AvgIpc) is 3.34. The smallest absolute Gasteiger partial charge is 0.245 e. The summed E-state index contributed by atoms with van der Waals surface area (Å²) in [5, 5.41) is 0.298. The number of aromatic nitrogens is 1. The van der Waals surface area contributed by atoms with Crippen LogP contribution in [0.2, 0.25) is 5.02 Å². The first-order valence-corrected chi connectivity index (χ1v) is 9.12. The van der Waals surface area contributed by atoms with Crippen molar-refractivity contribution < 1.29 is 13.2 Å². The standard InChI is InChI=1S/C14H18ClN3O3S/c1-10-13(8-12(15)9-16-10)22(20,21)18-6-4-17(5-7-18)14(19)11-2-3-11/h8-9,11H,2-7H2,1H3. The SMILES string of the molecule is Cc1ncc(Cl)cc1S(=O)(=O)N1CCN(C(=O)C2CC2)CC1. The highest BCUT2D eigenvalue weighted by Gasteiger charge is 2.37. The number of aryl methyl sites for hydroxylation is 1. The first-order chi connectivity index (χ1) is 10.4. The van der Waals surface area contributed by atoms with E-state index in [2.05, 4.69) is 4.98 Å². The molecule has 0 spiro atoms. The van der Waals surface area contributed by atoms with Crippen LogP contribution < -0.4 is 0 Å². The van der Waals surface area contributed by atoms with Crippen molar-refractivity contribution in [3.05, 3.63) is 23.0 Å². The monoisotopic (exact) mass is 343 g/mol. The zero-order chi connectivity index (χ0) is 15.9. The largest absolute Gasteiger partial charge is 0.340 e. The van der Waals surface area contributed by atoms with Gasteiger partial charge in [0.25, 0.3) is 0 Å². The molecular formula is C14H18ClN3O3S. The van der Waals surface area contributed by atoms with Crippen LogP contribution in [-0.2, 0) is 14.8 Å². The quantitative estimate of drug-likeness (QED) is 0.829. The third-order valence-electron chi connectivity index (χ3n) is 4.10. The fourth-order valence-electron chi connectivity index (χ4n) is 2.63. The zero-order valence-electron chi connectivity index (χ0n) is 12.3. The van der Waals surface area contributed by atoms with Gasteiger partial charge in [0.05, 0.1) is 10.7 Å². The van der Waals surface area contributed by atoms with Crippen molar-refractivity contribution in [1.29, 1.82) is 0 Å². The number of rotatable bonds is 3. The van der Waals surface area contributed by atoms with Crippen molar-refractivity contribution in [2.75, 3.05) is 26.2 Å². The van der Waals surface area contributed by atoms with E-state index in [1.54, 1.807) is 11.8 Å². The van der Waals surface area contributed by atoms with Gasteiger partial charge in [0.2, 0.25) is 15.9 Å². The molecule has 1 amide bonds. The lowest BCUT2D eigenvalue weighted by atomic mass is 10.3. The van der Waals surface area contributed by atoms with Gasteiger partial charge in [-0.3, -0.25) is 9.78 Å². The summed E-state index contributed by atoms with van der Waals surface area (Å²) in [6.07, 6.45) is 3.36. The highest BCUT2D eigenvalue weighted by Crippen LogP contribution is 2.31. The molecule has 8 heteroatoms. The van der Waals surface area contributed by atoms with Crippen LogP contribution in [-0.4, -0.2) is 54.7 Å². The van der Waals surface area contributed by atoms with Gasteiger partial charge in [-0.25, -0.2) is 8.42 Å². The fraction of sp³-hybridized carbons (Fsp3) is 0.571. The molecule has 0 aromatic carbocycles. The maximum atomic E-state index is 12.7. The molecule has 1 aliphatic heterocycles. The Balaban J connectivity index is 1.74. The molecule has 2 heterocycles. The predicted octanol–water partition coefficient (Wildman–Crippen LogP) is 1.29. The van der Waals surface area contributed by atoms with Crippen LogP contribution in [0.15, 0.2) is 17.2 Å². The molecule has 1 saturated heterocycles. The zero-order valence-corrected chi connectivity index (χ0v) is 13.9. The summed E-state index contributed by atoms with van der Waals surface area (Å²) in [6, 6.07) is 1.43. The highest BCUT2D eigenvalue weighted by atomic mass is 35.5. The lowest BCUT2D eigenvalue weighted by molar-refractivity contribution is -0.133. The summed E-state index contributed by atoms with van der Waals surface area (Å²) < 4.78 is 26.8. The van der Waals surface area contributed by atoms with E-state index >= 15 is 0 Å². The number of nitrogens with zero attached hydrogens (tertiary/aromatic N) is 3. The second kappa shape index (κ2) is 5.79. The number of piperazine rings is 1. The number of hydrogen-bond donors (Lipinski definition) is 0. The Kier molecular flexibility index (Phi) is 4.13. The molecule has 2 fully saturated rings. The molecule has 0 radical (unpaired) electrons. The maximum absolute atomic E-state index is 12.7. The van der Waals surface area contributed by atoms with Crippen LogP contribution >= 0.6 is 11.6 Å². The minimum Gasteiger partial charge on any atom is -0.340 e. The molecule has 1 aliphatic carbocycles. The van der Waals surface area contributed by atoms with Crippen LogP contribution in [0.3, 0.4) is 0 Å². The molecular weight excluding hydrogens is 326 g/mol. The van der Waals surface area contributed by atoms with Gasteiger partial charge in [-0.1, -0.05) is 11.6 Å². The van der Waals surface area contributed by atoms with Crippen molar-refractivity contribution in [3.63, 3.8) is 0 Å². The van der Waals surface area contributed by atoms with E-state index in [1.165, 1.54) is 16.6 Å². The van der Waals surface area contributed by atoms with Crippen molar-refractivity contribution in [1.82, 2.24) is 14.2 Å². The first-order valence-electron chi connectivity index (χ1n) is 7.30. The Hall–Kier alpha value is -1.18. The minimum absolute atomic E-state index is 0.141. The minimum atomic E-state index is -3.62. The van der Waals surface area contributed by atoms with E-state index in [9.17, 15) is 13.2 Å². The van der Waals surface area contributed by atoms with Crippen LogP contribution in [0, 0.1) is 12.8 Å². The number of hydrogen-bond acceptors (Lipinski definition) is 4. The third-order valence-corrected chi connectivity index (χ3v) is 6.32. The van der Waals surface area contributed by atoms with Crippen LogP contribution in [0.25, 0.3) is 0 Å². The Bertz CT molecular complexity index is 695. The second-order valence-electron chi connectivity index (χ2n) is 5.74. The normalized spacial score (nSPS) is 20.2. The van der Waals surface area contributed by atoms with E-state index < -0.39 is 10.0 Å². The molecule has 0 bridgehead atoms. The van der Waals surface area contributed by atoms with Crippen LogP contribution in [0.1, 0.15) is 18.5 Å². The van der Waals surface area contributed by atoms with E-state index in [0.29, 0.717) is 36.9 Å². The molecule has 3 rings (SSSR count). The molecule has 1 aromatic rings. The number of carbonyl (C=O) groups excluding carboxylic acids is 1. The van der Waals surface area contributed by atoms with Gasteiger partial charge in [0.1, 0.15) is 4.90 Å². The van der Waals surface area contributed by atoms with E-state index in [1.807, 2.05) is 0 Å². The fourth-order valence-corrected chi connectivity index (χ4v) is 4.47. The average molecular weight is 344 g/mol. The summed E-state index contributed by atoms with van der Waals surface area (Å²) in [7, 11) is -3.62. The van der Waals surface area contributed by atoms with Gasteiger partial charge in [-0.15, -0.1) is 0 Å². The number of amides is 1. The van der Waals surface area contributed by atoms with Crippen molar-refractivity contribution in [2.45, 2.75) is 24.7 Å². The molecule has 0 unspecified atom stereocenters. The lowest BCUT2D eigenvalue weighted by Gasteiger charge is -2.34. The number of halogens is 1. The van der Waals surface area contributed by atoms with Gasteiger partial charge in [0.15, 0.2) is 0 Å². The van der Waals surface area contributed by atoms with Crippen molar-refractivity contribution in [3.8, 4) is 0 Å². The predicted molar refractivity (Wildman–Crippen MR) is 82.0 cm³/mol. The van der Waals surface area contributed by atoms with Gasteiger partial charge in [0, 0.05) is 38.3 Å². The summed E-state index contributed by atoms with van der Waals surface area (Å²) >= 11 is 5.87. The highest BCUT2D eigenvalue weighted by molar-refractivity contribution is 7.89. The number of pyridine rings is 1. The summed E-state index contributed by atoms with van der Waals surface area (Å²) in [5.74, 6) is 0.334. The summed E-state index contributed by atoms with van der Waals surface area (Å²) in [6.45, 7) is 3.17. The Morgan fingerprint density at radius 2 is 1.91 bits per heavy atom. The Morgan fingerprint density at radius 1 is 1.27 bits per heavy atom. The third kappa shape index (κ3) is 2.98. The van der Waals surface area contributed by atoms with Crippen molar-refractivity contribution in [2.24, 2.45) is 5.92 Å². The lowest BCUT2D eigenvalue weighted by Crippen LogP contribution is -2.51. The first kappa shape index (κ1) is 15.7. The Labute approximate surface area is 135 Å². The second-order valence-corrected chi connectivity index (χ2v) is 8.08. The molecule has 0 atom stereocenters. The molecule has 0 N–H and O–H groups in total. The number of carbonyl (C=O) groups is 1. The molecule has 22 heavy (non-hydrogen) atoms. The van der Waals surface area contributed by atoms with E-state index in [0.717, 1.165) is 12.8 Å². The molecule has 1 aromatic heterocycles. The van der Waals surface area contributed by atoms with Gasteiger partial charge < -0.3 is 4.90 Å². The molecule has 2 aliphatic rings.